The lowest BCUT2D eigenvalue weighted by molar-refractivity contribution is 0.112. The Morgan fingerprint density at radius 3 is 2.38 bits per heavy atom. The summed E-state index contributed by atoms with van der Waals surface area (Å²) in [5, 5.41) is 0. The van der Waals surface area contributed by atoms with Crippen LogP contribution in [0.4, 0.5) is 5.69 Å². The number of anilines is 1. The number of carbonyl (C=O) groups excluding carboxylic acids is 1. The number of nitrogens with zero attached hydrogens (tertiary/aromatic N) is 1. The van der Waals surface area contributed by atoms with E-state index >= 15 is 0 Å². The molecule has 1 unspecified atom stereocenters. The number of hydrogen-bond acceptors (Lipinski definition) is 3. The smallest absolute Gasteiger partial charge is 0.264 e. The minimum atomic E-state index is -3.71. The average Bonchev–Trinajstić information content (AvgIpc) is 3.08. The van der Waals surface area contributed by atoms with Gasteiger partial charge in [0.2, 0.25) is 0 Å². The van der Waals surface area contributed by atoms with E-state index in [2.05, 4.69) is 6.07 Å². The number of rotatable bonds is 5. The number of fused-ring (bicyclic) bond motifs is 1. The zero-order valence-electron chi connectivity index (χ0n) is 16.5. The standard InChI is InChI=1S/C24H23NO3S/c1-17-9-11-22(12-10-17)29(27,28)25-15-21(14-19-6-3-5-18(2)13-19)24-20(16-26)7-4-8-23(24)25/h3-13,16,21H,14-15H2,1-2H3. The summed E-state index contributed by atoms with van der Waals surface area (Å²) in [5.74, 6) is -0.0755. The van der Waals surface area contributed by atoms with Crippen molar-refractivity contribution >= 4 is 22.0 Å². The molecule has 0 fully saturated rings. The lowest BCUT2D eigenvalue weighted by Gasteiger charge is -2.20. The first-order valence-corrected chi connectivity index (χ1v) is 11.1. The summed E-state index contributed by atoms with van der Waals surface area (Å²) in [6.07, 6.45) is 1.50. The highest BCUT2D eigenvalue weighted by molar-refractivity contribution is 7.92. The SMILES string of the molecule is Cc1ccc(S(=O)(=O)N2CC(Cc3cccc(C)c3)c3c(C=O)cccc32)cc1. The van der Waals surface area contributed by atoms with Gasteiger partial charge in [0.25, 0.3) is 10.0 Å². The van der Waals surface area contributed by atoms with Gasteiger partial charge in [-0.1, -0.05) is 59.7 Å². The molecule has 5 heteroatoms. The topological polar surface area (TPSA) is 54.5 Å². The highest BCUT2D eigenvalue weighted by atomic mass is 32.2. The maximum Gasteiger partial charge on any atom is 0.264 e. The Kier molecular flexibility index (Phi) is 5.01. The van der Waals surface area contributed by atoms with Crippen LogP contribution in [0.25, 0.3) is 0 Å². The van der Waals surface area contributed by atoms with Gasteiger partial charge in [0, 0.05) is 18.0 Å². The van der Waals surface area contributed by atoms with Crippen LogP contribution in [0.5, 0.6) is 0 Å². The Hall–Kier alpha value is -2.92. The number of carbonyl (C=O) groups is 1. The molecule has 148 valence electrons. The molecular formula is C24H23NO3S. The van der Waals surface area contributed by atoms with E-state index in [1.165, 1.54) is 4.31 Å². The molecule has 0 bridgehead atoms. The van der Waals surface area contributed by atoms with Gasteiger partial charge in [-0.2, -0.15) is 0 Å². The molecule has 0 aromatic heterocycles. The molecule has 0 saturated carbocycles. The molecule has 4 nitrogen and oxygen atoms in total. The predicted molar refractivity (Wildman–Crippen MR) is 115 cm³/mol. The third-order valence-corrected chi connectivity index (χ3v) is 7.27. The van der Waals surface area contributed by atoms with E-state index in [0.29, 0.717) is 24.2 Å². The first-order valence-electron chi connectivity index (χ1n) is 9.63. The maximum atomic E-state index is 13.4. The molecule has 3 aromatic rings. The number of aryl methyl sites for hydroxylation is 2. The number of hydrogen-bond donors (Lipinski definition) is 0. The molecule has 4 rings (SSSR count). The largest absolute Gasteiger partial charge is 0.298 e. The first-order chi connectivity index (χ1) is 13.9. The van der Waals surface area contributed by atoms with Crippen molar-refractivity contribution in [3.63, 3.8) is 0 Å². The molecule has 1 heterocycles. The molecule has 0 aliphatic carbocycles. The number of benzene rings is 3. The second-order valence-electron chi connectivity index (χ2n) is 7.64. The monoisotopic (exact) mass is 405 g/mol. The van der Waals surface area contributed by atoms with Crippen molar-refractivity contribution in [1.82, 2.24) is 0 Å². The third kappa shape index (κ3) is 3.58. The van der Waals surface area contributed by atoms with Crippen LogP contribution >= 0.6 is 0 Å². The van der Waals surface area contributed by atoms with Crippen LogP contribution in [0, 0.1) is 13.8 Å². The summed E-state index contributed by atoms with van der Waals surface area (Å²) in [5.41, 5.74) is 5.28. The lowest BCUT2D eigenvalue weighted by atomic mass is 9.90. The van der Waals surface area contributed by atoms with Crippen molar-refractivity contribution in [2.24, 2.45) is 0 Å². The van der Waals surface area contributed by atoms with Crippen molar-refractivity contribution in [1.29, 1.82) is 0 Å². The van der Waals surface area contributed by atoms with Crippen LogP contribution in [-0.4, -0.2) is 21.2 Å². The van der Waals surface area contributed by atoms with E-state index in [1.807, 2.05) is 32.0 Å². The summed E-state index contributed by atoms with van der Waals surface area (Å²) in [7, 11) is -3.71. The minimum absolute atomic E-state index is 0.0755. The normalized spacial score (nSPS) is 15.9. The fourth-order valence-corrected chi connectivity index (χ4v) is 5.61. The van der Waals surface area contributed by atoms with Gasteiger partial charge in [0.05, 0.1) is 10.6 Å². The molecule has 0 spiro atoms. The summed E-state index contributed by atoms with van der Waals surface area (Å²) in [6, 6.07) is 20.4. The van der Waals surface area contributed by atoms with Gasteiger partial charge in [-0.3, -0.25) is 9.10 Å². The van der Waals surface area contributed by atoms with Crippen molar-refractivity contribution in [3.05, 3.63) is 94.5 Å². The predicted octanol–water partition coefficient (Wildman–Crippen LogP) is 4.65. The summed E-state index contributed by atoms with van der Waals surface area (Å²) < 4.78 is 28.3. The molecule has 1 atom stereocenters. The van der Waals surface area contributed by atoms with Crippen LogP contribution in [0.15, 0.2) is 71.6 Å². The van der Waals surface area contributed by atoms with Crippen molar-refractivity contribution in [2.45, 2.75) is 31.1 Å². The highest BCUT2D eigenvalue weighted by Gasteiger charge is 2.37. The van der Waals surface area contributed by atoms with Crippen LogP contribution < -0.4 is 4.31 Å². The van der Waals surface area contributed by atoms with Gasteiger partial charge in [-0.25, -0.2) is 8.42 Å². The molecule has 1 aliphatic heterocycles. The number of sulfonamides is 1. The Labute approximate surface area is 171 Å². The second kappa shape index (κ2) is 7.48. The summed E-state index contributed by atoms with van der Waals surface area (Å²) >= 11 is 0. The quantitative estimate of drug-likeness (QED) is 0.581. The Balaban J connectivity index is 1.78. The highest BCUT2D eigenvalue weighted by Crippen LogP contribution is 2.42. The van der Waals surface area contributed by atoms with Crippen LogP contribution in [0.2, 0.25) is 0 Å². The molecule has 0 N–H and O–H groups in total. The van der Waals surface area contributed by atoms with Gasteiger partial charge in [0.1, 0.15) is 6.29 Å². The minimum Gasteiger partial charge on any atom is -0.298 e. The van der Waals surface area contributed by atoms with Gasteiger partial charge in [0.15, 0.2) is 0 Å². The van der Waals surface area contributed by atoms with Gasteiger partial charge in [-0.05, 0) is 49.6 Å². The van der Waals surface area contributed by atoms with E-state index in [1.54, 1.807) is 42.5 Å². The van der Waals surface area contributed by atoms with Crippen LogP contribution in [0.1, 0.15) is 38.5 Å². The molecule has 1 aliphatic rings. The first kappa shape index (κ1) is 19.4. The fraction of sp³-hybridized carbons (Fsp3) is 0.208. The molecule has 0 amide bonds. The fourth-order valence-electron chi connectivity index (χ4n) is 4.08. The van der Waals surface area contributed by atoms with Gasteiger partial charge in [-0.15, -0.1) is 0 Å². The van der Waals surface area contributed by atoms with E-state index in [-0.39, 0.29) is 10.8 Å². The lowest BCUT2D eigenvalue weighted by Crippen LogP contribution is -2.30. The van der Waals surface area contributed by atoms with Crippen LogP contribution in [-0.2, 0) is 16.4 Å². The van der Waals surface area contributed by atoms with E-state index in [0.717, 1.165) is 28.5 Å². The molecule has 0 radical (unpaired) electrons. The van der Waals surface area contributed by atoms with Crippen LogP contribution in [0.3, 0.4) is 0 Å². The van der Waals surface area contributed by atoms with Gasteiger partial charge < -0.3 is 0 Å². The van der Waals surface area contributed by atoms with E-state index in [4.69, 9.17) is 0 Å². The molecule has 0 saturated heterocycles. The average molecular weight is 406 g/mol. The Bertz CT molecular complexity index is 1170. The summed E-state index contributed by atoms with van der Waals surface area (Å²) in [4.78, 5) is 12.0. The molecular weight excluding hydrogens is 382 g/mol. The van der Waals surface area contributed by atoms with E-state index in [9.17, 15) is 13.2 Å². The van der Waals surface area contributed by atoms with E-state index < -0.39 is 10.0 Å². The third-order valence-electron chi connectivity index (χ3n) is 5.48. The number of aldehydes is 1. The van der Waals surface area contributed by atoms with Crippen molar-refractivity contribution < 1.29 is 13.2 Å². The Morgan fingerprint density at radius 2 is 1.69 bits per heavy atom. The maximum absolute atomic E-state index is 13.4. The van der Waals surface area contributed by atoms with Crippen molar-refractivity contribution in [3.8, 4) is 0 Å². The second-order valence-corrected chi connectivity index (χ2v) is 9.50. The Morgan fingerprint density at radius 1 is 0.966 bits per heavy atom. The summed E-state index contributed by atoms with van der Waals surface area (Å²) in [6.45, 7) is 4.29. The molecule has 3 aromatic carbocycles. The zero-order chi connectivity index (χ0) is 20.6. The van der Waals surface area contributed by atoms with Gasteiger partial charge >= 0.3 is 0 Å². The molecule has 29 heavy (non-hydrogen) atoms. The van der Waals surface area contributed by atoms with Crippen molar-refractivity contribution in [2.75, 3.05) is 10.8 Å². The zero-order valence-corrected chi connectivity index (χ0v) is 17.3.